The zero-order valence-electron chi connectivity index (χ0n) is 46.8. The smallest absolute Gasteiger partial charge is 0.273 e. The molecule has 2 unspecified atom stereocenters. The minimum atomic E-state index is -0.290. The molecule has 2 atom stereocenters. The van der Waals surface area contributed by atoms with Gasteiger partial charge in [0.2, 0.25) is 0 Å². The van der Waals surface area contributed by atoms with Crippen LogP contribution in [-0.2, 0) is 17.6 Å². The van der Waals surface area contributed by atoms with Crippen molar-refractivity contribution >= 4 is 40.3 Å². The van der Waals surface area contributed by atoms with E-state index in [1.165, 1.54) is 33.4 Å². The summed E-state index contributed by atoms with van der Waals surface area (Å²) in [7, 11) is 0. The van der Waals surface area contributed by atoms with Crippen molar-refractivity contribution in [1.82, 2.24) is 39.4 Å². The first-order valence-electron chi connectivity index (χ1n) is 29.7. The highest BCUT2D eigenvalue weighted by atomic mass is 32.1. The average molecular weight is 1130 g/mol. The second-order valence-electron chi connectivity index (χ2n) is 22.7. The first-order valence-corrected chi connectivity index (χ1v) is 31.4. The predicted molar refractivity (Wildman–Crippen MR) is 329 cm³/mol. The number of amides is 2. The molecule has 4 aliphatic heterocycles. The molecule has 420 valence electrons. The van der Waals surface area contributed by atoms with E-state index in [-0.39, 0.29) is 53.6 Å². The number of rotatable bonds is 18. The summed E-state index contributed by atoms with van der Waals surface area (Å²) in [6.07, 6.45) is 4.82. The number of thiazole rings is 2. The van der Waals surface area contributed by atoms with E-state index in [4.69, 9.17) is 9.97 Å². The lowest BCUT2D eigenvalue weighted by atomic mass is 9.87. The molecular formula is C69H74N8O3S2. The Bertz CT molecular complexity index is 3000. The number of Topliss-reactive ketones (excluding diaryl/α,β-unsaturated/α-hetero) is 1. The number of benzene rings is 6. The molecule has 8 aromatic rings. The van der Waals surface area contributed by atoms with Crippen LogP contribution in [0.3, 0.4) is 0 Å². The molecule has 0 bridgehead atoms. The fourth-order valence-electron chi connectivity index (χ4n) is 13.2. The topological polar surface area (TPSA) is 96.4 Å². The first kappa shape index (κ1) is 55.6. The fourth-order valence-corrected chi connectivity index (χ4v) is 15.2. The number of carbonyl (C=O) groups is 3. The molecule has 2 aromatic heterocycles. The molecule has 4 fully saturated rings. The van der Waals surface area contributed by atoms with Crippen molar-refractivity contribution in [2.24, 2.45) is 0 Å². The quantitative estimate of drug-likeness (QED) is 0.0832. The molecule has 0 saturated carbocycles. The van der Waals surface area contributed by atoms with Gasteiger partial charge in [0.25, 0.3) is 11.8 Å². The molecule has 0 radical (unpaired) electrons. The third kappa shape index (κ3) is 13.0. The minimum Gasteiger partial charge on any atom is -0.335 e. The lowest BCUT2D eigenvalue weighted by molar-refractivity contribution is -0.130. The first-order chi connectivity index (χ1) is 40.4. The van der Waals surface area contributed by atoms with Crippen molar-refractivity contribution in [2.45, 2.75) is 74.5 Å². The summed E-state index contributed by atoms with van der Waals surface area (Å²) < 4.78 is 0. The van der Waals surface area contributed by atoms with Gasteiger partial charge in [-0.3, -0.25) is 34.0 Å². The van der Waals surface area contributed by atoms with Gasteiger partial charge in [0.15, 0.2) is 5.78 Å². The monoisotopic (exact) mass is 1130 g/mol. The van der Waals surface area contributed by atoms with Gasteiger partial charge in [-0.15, -0.1) is 22.7 Å². The normalized spacial score (nSPS) is 18.2. The van der Waals surface area contributed by atoms with E-state index in [1.807, 2.05) is 32.7 Å². The van der Waals surface area contributed by atoms with Gasteiger partial charge >= 0.3 is 0 Å². The van der Waals surface area contributed by atoms with Gasteiger partial charge in [0, 0.05) is 75.0 Å². The molecule has 11 nitrogen and oxygen atoms in total. The van der Waals surface area contributed by atoms with E-state index in [1.54, 1.807) is 22.7 Å². The van der Waals surface area contributed by atoms with E-state index in [0.29, 0.717) is 50.4 Å². The van der Waals surface area contributed by atoms with Crippen LogP contribution >= 0.6 is 22.7 Å². The van der Waals surface area contributed by atoms with Crippen molar-refractivity contribution in [3.8, 4) is 0 Å². The maximum atomic E-state index is 15.6. The van der Waals surface area contributed by atoms with Crippen LogP contribution in [0.1, 0.15) is 114 Å². The van der Waals surface area contributed by atoms with E-state index in [9.17, 15) is 9.59 Å². The number of ketones is 1. The van der Waals surface area contributed by atoms with Crippen LogP contribution in [0.5, 0.6) is 0 Å². The van der Waals surface area contributed by atoms with Crippen molar-refractivity contribution in [3.05, 3.63) is 248 Å². The highest BCUT2D eigenvalue weighted by Gasteiger charge is 2.40. The van der Waals surface area contributed by atoms with Gasteiger partial charge < -0.3 is 9.80 Å². The van der Waals surface area contributed by atoms with Crippen LogP contribution in [0.15, 0.2) is 193 Å². The van der Waals surface area contributed by atoms with Crippen molar-refractivity contribution in [1.29, 1.82) is 0 Å². The predicted octanol–water partition coefficient (Wildman–Crippen LogP) is 11.5. The van der Waals surface area contributed by atoms with Crippen LogP contribution < -0.4 is 0 Å². The molecule has 12 rings (SSSR count). The molecule has 4 saturated heterocycles. The number of piperazine rings is 2. The second-order valence-corrected chi connectivity index (χ2v) is 24.5. The Hall–Kier alpha value is -6.97. The lowest BCUT2D eigenvalue weighted by Crippen LogP contribution is -2.55. The standard InChI is InChI=1S/C69H74N8O3S2/c78-65(61(47-51-19-7-1-8-20-51)72-35-31-57(32-36-72)66-70-59(49-81-66)68(79)76-43-39-74(40-44-76)63(53-23-11-3-12-24-53)54-25-13-4-14-26-54)62(48-52-21-9-2-10-22-52)73-37-33-58(34-38-73)67-71-60(50-82-67)69(80)77-45-41-75(42-46-77)64(55-27-15-5-16-28-55)56-29-17-6-18-30-56/h1-30,49-50,57-58,61-64H,31-48H2. The largest absolute Gasteiger partial charge is 0.335 e. The maximum absolute atomic E-state index is 15.6. The minimum absolute atomic E-state index is 0.0153. The third-order valence-electron chi connectivity index (χ3n) is 17.7. The van der Waals surface area contributed by atoms with Gasteiger partial charge in [0.1, 0.15) is 11.4 Å². The summed E-state index contributed by atoms with van der Waals surface area (Å²) in [5.74, 6) is 0.774. The summed E-state index contributed by atoms with van der Waals surface area (Å²) in [4.78, 5) is 67.7. The molecular weight excluding hydrogens is 1050 g/mol. The summed E-state index contributed by atoms with van der Waals surface area (Å²) in [6.45, 7) is 8.88. The van der Waals surface area contributed by atoms with Crippen LogP contribution in [-0.4, -0.2) is 148 Å². The van der Waals surface area contributed by atoms with E-state index in [0.717, 1.165) is 88.1 Å². The Morgan fingerprint density at radius 2 is 0.671 bits per heavy atom. The highest BCUT2D eigenvalue weighted by Crippen LogP contribution is 2.37. The molecule has 2 amide bonds. The Morgan fingerprint density at radius 1 is 0.378 bits per heavy atom. The number of hydrogen-bond donors (Lipinski definition) is 0. The number of likely N-dealkylation sites (tertiary alicyclic amines) is 2. The Labute approximate surface area is 491 Å². The van der Waals surface area contributed by atoms with Gasteiger partial charge in [-0.2, -0.15) is 0 Å². The van der Waals surface area contributed by atoms with Gasteiger partial charge in [-0.1, -0.05) is 182 Å². The van der Waals surface area contributed by atoms with E-state index in [2.05, 4.69) is 189 Å². The summed E-state index contributed by atoms with van der Waals surface area (Å²) in [5.41, 5.74) is 8.48. The van der Waals surface area contributed by atoms with Gasteiger partial charge in [-0.25, -0.2) is 9.97 Å². The molecule has 0 N–H and O–H groups in total. The van der Waals surface area contributed by atoms with Crippen molar-refractivity contribution < 1.29 is 14.4 Å². The van der Waals surface area contributed by atoms with Gasteiger partial charge in [-0.05, 0) is 98.1 Å². The summed E-state index contributed by atoms with van der Waals surface area (Å²) >= 11 is 3.23. The zero-order valence-corrected chi connectivity index (χ0v) is 48.4. The van der Waals surface area contributed by atoms with Crippen molar-refractivity contribution in [3.63, 3.8) is 0 Å². The van der Waals surface area contributed by atoms with Gasteiger partial charge in [0.05, 0.1) is 34.2 Å². The molecule has 6 heterocycles. The third-order valence-corrected chi connectivity index (χ3v) is 19.7. The summed E-state index contributed by atoms with van der Waals surface area (Å²) in [6, 6.07) is 63.4. The van der Waals surface area contributed by atoms with E-state index >= 15 is 4.79 Å². The Balaban J connectivity index is 0.678. The Morgan fingerprint density at radius 3 is 0.976 bits per heavy atom. The number of piperidine rings is 2. The SMILES string of the molecule is O=C(C(Cc1ccccc1)N1CCC(c2nc(C(=O)N3CCN(C(c4ccccc4)c4ccccc4)CC3)cs2)CC1)C(Cc1ccccc1)N1CCC(c2nc(C(=O)N3CCN(C(c4ccccc4)c4ccccc4)CC3)cs2)CC1. The number of carbonyl (C=O) groups excluding carboxylic acids is 3. The Kier molecular flexibility index (Phi) is 18.0. The average Bonchev–Trinajstić information content (AvgIpc) is 4.38. The maximum Gasteiger partial charge on any atom is 0.273 e. The van der Waals surface area contributed by atoms with Crippen LogP contribution in [0.25, 0.3) is 0 Å². The summed E-state index contributed by atoms with van der Waals surface area (Å²) in [5, 5.41) is 5.99. The molecule has 0 aliphatic carbocycles. The number of nitrogens with zero attached hydrogens (tertiary/aromatic N) is 8. The zero-order chi connectivity index (χ0) is 55.6. The highest BCUT2D eigenvalue weighted by molar-refractivity contribution is 7.10. The van der Waals surface area contributed by atoms with Crippen LogP contribution in [0, 0.1) is 0 Å². The fraction of sp³-hybridized carbons (Fsp3) is 0.348. The lowest BCUT2D eigenvalue weighted by Gasteiger charge is -2.41. The number of aromatic nitrogens is 2. The number of hydrogen-bond acceptors (Lipinski definition) is 11. The van der Waals surface area contributed by atoms with E-state index < -0.39 is 0 Å². The van der Waals surface area contributed by atoms with Crippen LogP contribution in [0.2, 0.25) is 0 Å². The van der Waals surface area contributed by atoms with Crippen LogP contribution in [0.4, 0.5) is 0 Å². The second kappa shape index (κ2) is 26.5. The molecule has 13 heteroatoms. The molecule has 82 heavy (non-hydrogen) atoms. The molecule has 6 aromatic carbocycles. The molecule has 0 spiro atoms. The molecule has 4 aliphatic rings. The van der Waals surface area contributed by atoms with Crippen molar-refractivity contribution in [2.75, 3.05) is 78.5 Å².